The van der Waals surface area contributed by atoms with Crippen LogP contribution in [0.25, 0.3) is 0 Å². The van der Waals surface area contributed by atoms with Crippen molar-refractivity contribution in [3.8, 4) is 0 Å². The van der Waals surface area contributed by atoms with Gasteiger partial charge < -0.3 is 4.74 Å². The van der Waals surface area contributed by atoms with Crippen LogP contribution in [0.4, 0.5) is 0 Å². The second-order valence-electron chi connectivity index (χ2n) is 5.74. The van der Waals surface area contributed by atoms with Gasteiger partial charge in [-0.25, -0.2) is 9.80 Å². The number of carbonyl (C=O) groups is 4. The maximum Gasteiger partial charge on any atom is 0.355 e. The van der Waals surface area contributed by atoms with Crippen molar-refractivity contribution in [3.05, 3.63) is 35.9 Å². The molecule has 0 bridgehead atoms. The molecule has 0 unspecified atom stereocenters. The molecule has 2 heterocycles. The zero-order valence-electron chi connectivity index (χ0n) is 13.8. The Bertz CT molecular complexity index is 774. The number of rotatable bonds is 4. The summed E-state index contributed by atoms with van der Waals surface area (Å²) in [5.74, 6) is -3.51. The van der Waals surface area contributed by atoms with E-state index >= 15 is 0 Å². The highest BCUT2D eigenvalue weighted by Gasteiger charge is 2.59. The molecule has 1 aromatic rings. The molecule has 0 saturated carbocycles. The first-order valence-electron chi connectivity index (χ1n) is 7.90. The smallest absolute Gasteiger partial charge is 0.355 e. The Balaban J connectivity index is 1.93. The fourth-order valence-electron chi connectivity index (χ4n) is 3.03. The zero-order valence-corrected chi connectivity index (χ0v) is 13.8. The summed E-state index contributed by atoms with van der Waals surface area (Å²) < 4.78 is 4.91. The van der Waals surface area contributed by atoms with E-state index in [1.165, 1.54) is 6.92 Å². The SMILES string of the molecule is CCOC(=O)C1=NN(C(C)=O)[C@H]2C(=O)N(Cc3ccccc3)C(=O)[C@@H]12. The molecule has 1 fully saturated rings. The highest BCUT2D eigenvalue weighted by Crippen LogP contribution is 2.33. The van der Waals surface area contributed by atoms with Gasteiger partial charge >= 0.3 is 5.97 Å². The van der Waals surface area contributed by atoms with E-state index in [4.69, 9.17) is 4.74 Å². The van der Waals surface area contributed by atoms with Gasteiger partial charge in [0.05, 0.1) is 13.2 Å². The molecule has 130 valence electrons. The van der Waals surface area contributed by atoms with Crippen molar-refractivity contribution >= 4 is 29.4 Å². The second kappa shape index (κ2) is 6.46. The van der Waals surface area contributed by atoms with Crippen LogP contribution in [0.1, 0.15) is 19.4 Å². The number of hydrazone groups is 1. The van der Waals surface area contributed by atoms with Crippen molar-refractivity contribution in [1.82, 2.24) is 9.91 Å². The van der Waals surface area contributed by atoms with E-state index in [1.54, 1.807) is 31.2 Å². The highest BCUT2D eigenvalue weighted by atomic mass is 16.5. The molecule has 8 nitrogen and oxygen atoms in total. The summed E-state index contributed by atoms with van der Waals surface area (Å²) in [7, 11) is 0. The summed E-state index contributed by atoms with van der Waals surface area (Å²) in [5, 5.41) is 4.80. The van der Waals surface area contributed by atoms with Crippen molar-refractivity contribution < 1.29 is 23.9 Å². The van der Waals surface area contributed by atoms with Crippen LogP contribution in [-0.4, -0.2) is 52.0 Å². The van der Waals surface area contributed by atoms with Crippen LogP contribution in [0.2, 0.25) is 0 Å². The topological polar surface area (TPSA) is 96.3 Å². The number of fused-ring (bicyclic) bond motifs is 1. The number of nitrogens with zero attached hydrogens (tertiary/aromatic N) is 3. The first-order valence-corrected chi connectivity index (χ1v) is 7.90. The predicted octanol–water partition coefficient (Wildman–Crippen LogP) is 0.321. The third-order valence-electron chi connectivity index (χ3n) is 4.13. The number of imide groups is 1. The van der Waals surface area contributed by atoms with Crippen LogP contribution in [0.3, 0.4) is 0 Å². The second-order valence-corrected chi connectivity index (χ2v) is 5.74. The molecule has 0 spiro atoms. The largest absolute Gasteiger partial charge is 0.461 e. The number of esters is 1. The van der Waals surface area contributed by atoms with Crippen LogP contribution < -0.4 is 0 Å². The van der Waals surface area contributed by atoms with E-state index in [1.807, 2.05) is 6.07 Å². The summed E-state index contributed by atoms with van der Waals surface area (Å²) in [6, 6.07) is 7.89. The molecule has 2 atom stereocenters. The van der Waals surface area contributed by atoms with E-state index in [9.17, 15) is 19.2 Å². The minimum Gasteiger partial charge on any atom is -0.461 e. The maximum absolute atomic E-state index is 12.8. The van der Waals surface area contributed by atoms with Gasteiger partial charge in [0.15, 0.2) is 11.8 Å². The Morgan fingerprint density at radius 3 is 2.44 bits per heavy atom. The normalized spacial score (nSPS) is 22.1. The van der Waals surface area contributed by atoms with Gasteiger partial charge in [-0.15, -0.1) is 0 Å². The first-order chi connectivity index (χ1) is 12.0. The number of hydrogen-bond donors (Lipinski definition) is 0. The summed E-state index contributed by atoms with van der Waals surface area (Å²) in [6.07, 6.45) is 0. The maximum atomic E-state index is 12.8. The summed E-state index contributed by atoms with van der Waals surface area (Å²) in [6.45, 7) is 3.03. The Hall–Kier alpha value is -3.03. The predicted molar refractivity (Wildman–Crippen MR) is 85.9 cm³/mol. The molecule has 2 aliphatic heterocycles. The fourth-order valence-corrected chi connectivity index (χ4v) is 3.03. The monoisotopic (exact) mass is 343 g/mol. The number of benzene rings is 1. The average molecular weight is 343 g/mol. The lowest BCUT2D eigenvalue weighted by Crippen LogP contribution is -2.41. The van der Waals surface area contributed by atoms with Crippen molar-refractivity contribution in [2.75, 3.05) is 6.61 Å². The molecule has 0 aliphatic carbocycles. The van der Waals surface area contributed by atoms with Crippen LogP contribution in [0, 0.1) is 5.92 Å². The van der Waals surface area contributed by atoms with Crippen LogP contribution in [0.15, 0.2) is 35.4 Å². The Labute approximate surface area is 144 Å². The molecular formula is C17H17N3O5. The average Bonchev–Trinajstić information content (AvgIpc) is 3.09. The third kappa shape index (κ3) is 2.79. The van der Waals surface area contributed by atoms with Crippen molar-refractivity contribution in [2.45, 2.75) is 26.4 Å². The third-order valence-corrected chi connectivity index (χ3v) is 4.13. The van der Waals surface area contributed by atoms with Crippen molar-refractivity contribution in [2.24, 2.45) is 11.0 Å². The first kappa shape index (κ1) is 16.8. The van der Waals surface area contributed by atoms with Gasteiger partial charge in [0.2, 0.25) is 11.8 Å². The molecule has 3 rings (SSSR count). The molecule has 0 aromatic heterocycles. The molecule has 8 heteroatoms. The lowest BCUT2D eigenvalue weighted by Gasteiger charge is -2.19. The number of likely N-dealkylation sites (tertiary alicyclic amines) is 1. The fraction of sp³-hybridized carbons (Fsp3) is 0.353. The molecule has 1 saturated heterocycles. The van der Waals surface area contributed by atoms with Crippen molar-refractivity contribution in [3.63, 3.8) is 0 Å². The van der Waals surface area contributed by atoms with E-state index in [0.717, 1.165) is 15.5 Å². The molecule has 25 heavy (non-hydrogen) atoms. The van der Waals surface area contributed by atoms with E-state index < -0.39 is 35.7 Å². The summed E-state index contributed by atoms with van der Waals surface area (Å²) >= 11 is 0. The van der Waals surface area contributed by atoms with E-state index in [-0.39, 0.29) is 18.9 Å². The summed E-state index contributed by atoms with van der Waals surface area (Å²) in [5.41, 5.74) is 0.573. The van der Waals surface area contributed by atoms with Gasteiger partial charge in [0, 0.05) is 6.92 Å². The minimum atomic E-state index is -1.12. The Morgan fingerprint density at radius 2 is 1.84 bits per heavy atom. The zero-order chi connectivity index (χ0) is 18.1. The highest BCUT2D eigenvalue weighted by molar-refractivity contribution is 6.44. The van der Waals surface area contributed by atoms with Crippen LogP contribution >= 0.6 is 0 Å². The molecule has 2 aliphatic rings. The quantitative estimate of drug-likeness (QED) is 0.579. The lowest BCUT2D eigenvalue weighted by atomic mass is 9.98. The number of ether oxygens (including phenoxy) is 1. The lowest BCUT2D eigenvalue weighted by molar-refractivity contribution is -0.144. The van der Waals surface area contributed by atoms with Crippen LogP contribution in [0.5, 0.6) is 0 Å². The van der Waals surface area contributed by atoms with Gasteiger partial charge in [0.1, 0.15) is 5.92 Å². The van der Waals surface area contributed by atoms with Gasteiger partial charge in [-0.1, -0.05) is 30.3 Å². The Morgan fingerprint density at radius 1 is 1.16 bits per heavy atom. The molecule has 0 N–H and O–H groups in total. The molecule has 1 aromatic carbocycles. The minimum absolute atomic E-state index is 0.0767. The van der Waals surface area contributed by atoms with Gasteiger partial charge in [-0.2, -0.15) is 5.10 Å². The van der Waals surface area contributed by atoms with Gasteiger partial charge in [0.25, 0.3) is 5.91 Å². The van der Waals surface area contributed by atoms with Crippen LogP contribution in [-0.2, 0) is 30.5 Å². The van der Waals surface area contributed by atoms with Crippen molar-refractivity contribution in [1.29, 1.82) is 0 Å². The number of hydrogen-bond acceptors (Lipinski definition) is 6. The summed E-state index contributed by atoms with van der Waals surface area (Å²) in [4.78, 5) is 50.5. The standard InChI is InChI=1S/C17H17N3O5/c1-3-25-17(24)13-12-14(20(18-13)10(2)21)16(23)19(15(12)22)9-11-7-5-4-6-8-11/h4-8,12,14H,3,9H2,1-2H3/t12-,14+/m0/s1. The van der Waals surface area contributed by atoms with Gasteiger partial charge in [-0.05, 0) is 12.5 Å². The number of carbonyl (C=O) groups excluding carboxylic acids is 4. The van der Waals surface area contributed by atoms with E-state index in [0.29, 0.717) is 0 Å². The van der Waals surface area contributed by atoms with Gasteiger partial charge in [-0.3, -0.25) is 19.3 Å². The molecule has 3 amide bonds. The molecular weight excluding hydrogens is 326 g/mol. The Kier molecular flexibility index (Phi) is 4.35. The van der Waals surface area contributed by atoms with E-state index in [2.05, 4.69) is 5.10 Å². The number of amides is 3. The molecule has 0 radical (unpaired) electrons.